The lowest BCUT2D eigenvalue weighted by Gasteiger charge is -2.26. The second-order valence-electron chi connectivity index (χ2n) is 7.69. The van der Waals surface area contributed by atoms with Crippen LogP contribution in [-0.2, 0) is 27.3 Å². The number of ether oxygens (including phenoxy) is 2. The second kappa shape index (κ2) is 13.4. The van der Waals surface area contributed by atoms with Gasteiger partial charge in [-0.1, -0.05) is 55.1 Å². The number of likely N-dealkylation sites (N-methyl/N-ethyl adjacent to an activating group) is 1. The topological polar surface area (TPSA) is 55.8 Å². The Hall–Kier alpha value is -2.92. The van der Waals surface area contributed by atoms with E-state index in [4.69, 9.17) is 9.47 Å². The van der Waals surface area contributed by atoms with E-state index in [-0.39, 0.29) is 24.4 Å². The molecule has 0 radical (unpaired) electrons. The molecule has 2 aromatic carbocycles. The van der Waals surface area contributed by atoms with Gasteiger partial charge >= 0.3 is 5.97 Å². The molecule has 166 valence electrons. The number of nitrogens with zero attached hydrogens (tertiary/aromatic N) is 1. The van der Waals surface area contributed by atoms with Crippen molar-refractivity contribution in [3.63, 3.8) is 0 Å². The van der Waals surface area contributed by atoms with Gasteiger partial charge in [0, 0.05) is 13.0 Å². The van der Waals surface area contributed by atoms with Gasteiger partial charge in [-0.2, -0.15) is 0 Å². The minimum Gasteiger partial charge on any atom is -0.494 e. The van der Waals surface area contributed by atoms with E-state index in [1.165, 1.54) is 0 Å². The van der Waals surface area contributed by atoms with Crippen LogP contribution in [0.3, 0.4) is 0 Å². The van der Waals surface area contributed by atoms with Gasteiger partial charge in [0.2, 0.25) is 0 Å². The number of ketones is 1. The lowest BCUT2D eigenvalue weighted by atomic mass is 10.0. The van der Waals surface area contributed by atoms with E-state index in [1.54, 1.807) is 13.0 Å². The number of hydrogen-bond donors (Lipinski definition) is 0. The van der Waals surface area contributed by atoms with E-state index < -0.39 is 0 Å². The van der Waals surface area contributed by atoms with Crippen LogP contribution in [0.4, 0.5) is 0 Å². The minimum atomic E-state index is -0.389. The Morgan fingerprint density at radius 3 is 2.39 bits per heavy atom. The van der Waals surface area contributed by atoms with Crippen molar-refractivity contribution in [3.8, 4) is 5.75 Å². The lowest BCUT2D eigenvalue weighted by molar-refractivity contribution is -0.148. The molecule has 0 N–H and O–H groups in total. The third kappa shape index (κ3) is 9.18. The van der Waals surface area contributed by atoms with Crippen molar-refractivity contribution in [2.24, 2.45) is 0 Å². The highest BCUT2D eigenvalue weighted by Crippen LogP contribution is 2.17. The standard InChI is InChI=1S/C26H33NO4/c1-4-17-31-26(29)25(19-22-11-6-5-7-12-22)27(3)20-23-13-15-24(16-14-23)30-18-9-8-10-21(2)28/h4-7,11-16,25H,1,8-10,17-20H2,2-3H3/t25-/m0/s1. The first-order valence-electron chi connectivity index (χ1n) is 10.7. The van der Waals surface area contributed by atoms with Crippen LogP contribution >= 0.6 is 0 Å². The molecule has 5 nitrogen and oxygen atoms in total. The van der Waals surface area contributed by atoms with Crippen molar-refractivity contribution in [1.29, 1.82) is 0 Å². The van der Waals surface area contributed by atoms with E-state index in [0.29, 0.717) is 26.0 Å². The van der Waals surface area contributed by atoms with Gasteiger partial charge in [-0.3, -0.25) is 9.69 Å². The van der Waals surface area contributed by atoms with Crippen LogP contribution in [0, 0.1) is 0 Å². The average Bonchev–Trinajstić information content (AvgIpc) is 2.77. The van der Waals surface area contributed by atoms with Crippen LogP contribution in [0.15, 0.2) is 67.3 Å². The Kier molecular flexibility index (Phi) is 10.5. The fourth-order valence-electron chi connectivity index (χ4n) is 3.25. The first-order valence-corrected chi connectivity index (χ1v) is 10.7. The Labute approximate surface area is 185 Å². The minimum absolute atomic E-state index is 0.205. The quantitative estimate of drug-likeness (QED) is 0.253. The van der Waals surface area contributed by atoms with Gasteiger partial charge in [0.25, 0.3) is 0 Å². The smallest absolute Gasteiger partial charge is 0.324 e. The first kappa shape index (κ1) is 24.4. The number of benzene rings is 2. The molecule has 0 amide bonds. The number of rotatable bonds is 14. The van der Waals surface area contributed by atoms with E-state index in [0.717, 1.165) is 29.7 Å². The summed E-state index contributed by atoms with van der Waals surface area (Å²) < 4.78 is 11.1. The van der Waals surface area contributed by atoms with Crippen LogP contribution in [0.25, 0.3) is 0 Å². The number of Topliss-reactive ketones (excluding diaryl/α,β-unsaturated/α-hetero) is 1. The molecular formula is C26H33NO4. The molecule has 0 aliphatic carbocycles. The van der Waals surface area contributed by atoms with Crippen LogP contribution in [0.5, 0.6) is 5.75 Å². The van der Waals surface area contributed by atoms with E-state index >= 15 is 0 Å². The summed E-state index contributed by atoms with van der Waals surface area (Å²) in [4.78, 5) is 25.6. The fraction of sp³-hybridized carbons (Fsp3) is 0.385. The zero-order valence-electron chi connectivity index (χ0n) is 18.6. The molecule has 31 heavy (non-hydrogen) atoms. The van der Waals surface area contributed by atoms with Crippen molar-refractivity contribution < 1.29 is 19.1 Å². The van der Waals surface area contributed by atoms with Crippen LogP contribution in [-0.4, -0.2) is 43.0 Å². The monoisotopic (exact) mass is 423 g/mol. The average molecular weight is 424 g/mol. The molecule has 0 unspecified atom stereocenters. The molecular weight excluding hydrogens is 390 g/mol. The maximum Gasteiger partial charge on any atom is 0.324 e. The summed E-state index contributed by atoms with van der Waals surface area (Å²) in [6, 6.07) is 17.5. The molecule has 0 saturated carbocycles. The summed E-state index contributed by atoms with van der Waals surface area (Å²) in [7, 11) is 1.93. The normalized spacial score (nSPS) is 11.7. The van der Waals surface area contributed by atoms with Gasteiger partial charge in [0.15, 0.2) is 0 Å². The molecule has 0 fully saturated rings. The Morgan fingerprint density at radius 1 is 1.03 bits per heavy atom. The van der Waals surface area contributed by atoms with Crippen molar-refractivity contribution in [3.05, 3.63) is 78.4 Å². The molecule has 0 bridgehead atoms. The van der Waals surface area contributed by atoms with Crippen molar-refractivity contribution in [1.82, 2.24) is 4.90 Å². The summed E-state index contributed by atoms with van der Waals surface area (Å²) in [5.41, 5.74) is 2.17. The highest BCUT2D eigenvalue weighted by atomic mass is 16.5. The lowest BCUT2D eigenvalue weighted by Crippen LogP contribution is -2.41. The molecule has 1 atom stereocenters. The molecule has 0 saturated heterocycles. The number of carbonyl (C=O) groups is 2. The molecule has 0 spiro atoms. The van der Waals surface area contributed by atoms with Crippen LogP contribution in [0.1, 0.15) is 37.3 Å². The van der Waals surface area contributed by atoms with Gasteiger partial charge < -0.3 is 14.3 Å². The number of hydrogen-bond acceptors (Lipinski definition) is 5. The van der Waals surface area contributed by atoms with Crippen molar-refractivity contribution in [2.75, 3.05) is 20.3 Å². The molecule has 0 aliphatic heterocycles. The third-order valence-corrected chi connectivity index (χ3v) is 4.97. The molecule has 2 aromatic rings. The van der Waals surface area contributed by atoms with Gasteiger partial charge in [-0.05, 0) is 56.5 Å². The van der Waals surface area contributed by atoms with Gasteiger partial charge in [-0.15, -0.1) is 0 Å². The molecule has 0 aliphatic rings. The van der Waals surface area contributed by atoms with Gasteiger partial charge in [-0.25, -0.2) is 0 Å². The summed E-state index contributed by atoms with van der Waals surface area (Å²) in [6.07, 6.45) is 4.47. The third-order valence-electron chi connectivity index (χ3n) is 4.97. The molecule has 0 heterocycles. The van der Waals surface area contributed by atoms with Gasteiger partial charge in [0.05, 0.1) is 6.61 Å². The number of esters is 1. The Bertz CT molecular complexity index is 817. The zero-order chi connectivity index (χ0) is 22.5. The number of carbonyl (C=O) groups excluding carboxylic acids is 2. The Balaban J connectivity index is 1.93. The van der Waals surface area contributed by atoms with Crippen molar-refractivity contribution >= 4 is 11.8 Å². The predicted molar refractivity (Wildman–Crippen MR) is 123 cm³/mol. The van der Waals surface area contributed by atoms with Crippen molar-refractivity contribution in [2.45, 2.75) is 45.2 Å². The summed E-state index contributed by atoms with van der Waals surface area (Å²) in [5.74, 6) is 0.768. The predicted octanol–water partition coefficient (Wildman–Crippen LogP) is 4.60. The summed E-state index contributed by atoms with van der Waals surface area (Å²) in [6.45, 7) is 6.64. The van der Waals surface area contributed by atoms with Crippen LogP contribution in [0.2, 0.25) is 0 Å². The maximum absolute atomic E-state index is 12.7. The highest BCUT2D eigenvalue weighted by Gasteiger charge is 2.25. The first-order chi connectivity index (χ1) is 15.0. The van der Waals surface area contributed by atoms with Gasteiger partial charge in [0.1, 0.15) is 24.2 Å². The maximum atomic E-state index is 12.7. The van der Waals surface area contributed by atoms with Crippen LogP contribution < -0.4 is 4.74 Å². The van der Waals surface area contributed by atoms with E-state index in [9.17, 15) is 9.59 Å². The van der Waals surface area contributed by atoms with E-state index in [1.807, 2.05) is 66.5 Å². The fourth-order valence-corrected chi connectivity index (χ4v) is 3.25. The molecule has 5 heteroatoms. The molecule has 2 rings (SSSR count). The second-order valence-corrected chi connectivity index (χ2v) is 7.69. The summed E-state index contributed by atoms with van der Waals surface area (Å²) >= 11 is 0. The highest BCUT2D eigenvalue weighted by molar-refractivity contribution is 5.76. The Morgan fingerprint density at radius 2 is 1.74 bits per heavy atom. The zero-order valence-corrected chi connectivity index (χ0v) is 18.6. The SMILES string of the molecule is C=CCOC(=O)[C@H](Cc1ccccc1)N(C)Cc1ccc(OCCCCC(C)=O)cc1. The van der Waals surface area contributed by atoms with E-state index in [2.05, 4.69) is 6.58 Å². The summed E-state index contributed by atoms with van der Waals surface area (Å²) in [5, 5.41) is 0. The number of unbranched alkanes of at least 4 members (excludes halogenated alkanes) is 1. The molecule has 0 aromatic heterocycles. The largest absolute Gasteiger partial charge is 0.494 e.